The van der Waals surface area contributed by atoms with E-state index in [1.165, 1.54) is 12.1 Å². The number of hydrogen-bond acceptors (Lipinski definition) is 5. The lowest BCUT2D eigenvalue weighted by atomic mass is 10.1. The van der Waals surface area contributed by atoms with E-state index in [1.807, 2.05) is 34.9 Å². The highest BCUT2D eigenvalue weighted by atomic mass is 35.5. The first-order chi connectivity index (χ1) is 15.9. The maximum Gasteiger partial charge on any atom is 0.182 e. The van der Waals surface area contributed by atoms with E-state index >= 15 is 0 Å². The fraction of sp³-hybridized carbons (Fsp3) is 0.0417. The van der Waals surface area contributed by atoms with E-state index < -0.39 is 15.7 Å². The van der Waals surface area contributed by atoms with Gasteiger partial charge in [0, 0.05) is 35.9 Å². The van der Waals surface area contributed by atoms with Crippen molar-refractivity contribution in [3.8, 4) is 22.4 Å². The fourth-order valence-electron chi connectivity index (χ4n) is 3.57. The van der Waals surface area contributed by atoms with Crippen LogP contribution in [0, 0.1) is 5.82 Å². The van der Waals surface area contributed by atoms with E-state index in [0.29, 0.717) is 11.1 Å². The predicted octanol–water partition coefficient (Wildman–Crippen LogP) is 5.22. The minimum atomic E-state index is -3.74. The molecule has 0 bridgehead atoms. The second-order valence-corrected chi connectivity index (χ2v) is 9.76. The molecule has 9 heteroatoms. The molecule has 1 aromatic carbocycles. The normalized spacial score (nSPS) is 11.7. The topological polar surface area (TPSA) is 77.2 Å². The van der Waals surface area contributed by atoms with Crippen molar-refractivity contribution in [1.29, 1.82) is 0 Å². The molecular formula is C24H16ClFN4O2S. The summed E-state index contributed by atoms with van der Waals surface area (Å²) in [6.45, 7) is 0. The molecule has 4 heterocycles. The molecule has 164 valence electrons. The van der Waals surface area contributed by atoms with Crippen molar-refractivity contribution in [2.75, 3.05) is 0 Å². The molecule has 0 atom stereocenters. The summed E-state index contributed by atoms with van der Waals surface area (Å²) in [7, 11) is -3.74. The number of sulfone groups is 1. The Morgan fingerprint density at radius 1 is 0.879 bits per heavy atom. The van der Waals surface area contributed by atoms with E-state index in [1.54, 1.807) is 30.9 Å². The second kappa shape index (κ2) is 8.38. The van der Waals surface area contributed by atoms with Crippen molar-refractivity contribution in [3.05, 3.63) is 102 Å². The molecule has 0 N–H and O–H groups in total. The predicted molar refractivity (Wildman–Crippen MR) is 124 cm³/mol. The largest absolute Gasteiger partial charge is 0.299 e. The molecule has 0 saturated heterocycles. The number of rotatable bonds is 5. The molecule has 0 saturated carbocycles. The molecular weight excluding hydrogens is 463 g/mol. The van der Waals surface area contributed by atoms with Crippen LogP contribution in [-0.2, 0) is 15.6 Å². The zero-order valence-corrected chi connectivity index (χ0v) is 18.6. The molecule has 0 unspecified atom stereocenters. The van der Waals surface area contributed by atoms with Gasteiger partial charge in [-0.2, -0.15) is 0 Å². The van der Waals surface area contributed by atoms with Crippen LogP contribution in [-0.4, -0.2) is 27.8 Å². The van der Waals surface area contributed by atoms with Crippen molar-refractivity contribution in [2.45, 2.75) is 10.6 Å². The van der Waals surface area contributed by atoms with Crippen molar-refractivity contribution in [1.82, 2.24) is 19.4 Å². The van der Waals surface area contributed by atoms with Gasteiger partial charge in [-0.15, -0.1) is 0 Å². The van der Waals surface area contributed by atoms with Gasteiger partial charge >= 0.3 is 0 Å². The SMILES string of the molecule is O=S(=O)(Cc1cc(-c2cnc3ccc(-c4ccncc4)cn23)cnc1Cl)c1ccc(F)cc1. The van der Waals surface area contributed by atoms with Crippen LogP contribution in [0.4, 0.5) is 4.39 Å². The minimum absolute atomic E-state index is 0.0159. The van der Waals surface area contributed by atoms with Crippen molar-refractivity contribution in [3.63, 3.8) is 0 Å². The third-order valence-electron chi connectivity index (χ3n) is 5.24. The van der Waals surface area contributed by atoms with Crippen molar-refractivity contribution >= 4 is 27.1 Å². The molecule has 0 radical (unpaired) electrons. The number of nitrogens with zero attached hydrogens (tertiary/aromatic N) is 4. The molecule has 0 aliphatic heterocycles. The summed E-state index contributed by atoms with van der Waals surface area (Å²) in [6, 6.07) is 14.1. The number of benzene rings is 1. The summed E-state index contributed by atoms with van der Waals surface area (Å²) in [6.07, 6.45) is 8.70. The molecule has 0 aliphatic carbocycles. The van der Waals surface area contributed by atoms with E-state index in [4.69, 9.17) is 11.6 Å². The highest BCUT2D eigenvalue weighted by Gasteiger charge is 2.19. The summed E-state index contributed by atoms with van der Waals surface area (Å²) in [5, 5.41) is 0.0933. The van der Waals surface area contributed by atoms with Crippen LogP contribution >= 0.6 is 11.6 Å². The first kappa shape index (κ1) is 21.2. The van der Waals surface area contributed by atoms with Crippen LogP contribution < -0.4 is 0 Å². The lowest BCUT2D eigenvalue weighted by Crippen LogP contribution is -2.06. The van der Waals surface area contributed by atoms with Crippen LogP contribution in [0.1, 0.15) is 5.56 Å². The van der Waals surface area contributed by atoms with Crippen LogP contribution in [0.15, 0.2) is 90.5 Å². The van der Waals surface area contributed by atoms with E-state index in [9.17, 15) is 12.8 Å². The number of halogens is 2. The van der Waals surface area contributed by atoms with Gasteiger partial charge in [0.05, 0.1) is 22.5 Å². The molecule has 5 aromatic rings. The van der Waals surface area contributed by atoms with Crippen LogP contribution in [0.3, 0.4) is 0 Å². The summed E-state index contributed by atoms with van der Waals surface area (Å²) >= 11 is 6.24. The third-order valence-corrected chi connectivity index (χ3v) is 7.27. The van der Waals surface area contributed by atoms with Crippen LogP contribution in [0.5, 0.6) is 0 Å². The van der Waals surface area contributed by atoms with Gasteiger partial charge in [0.1, 0.15) is 16.6 Å². The molecule has 33 heavy (non-hydrogen) atoms. The van der Waals surface area contributed by atoms with Gasteiger partial charge in [-0.05, 0) is 65.7 Å². The molecule has 0 aliphatic rings. The summed E-state index contributed by atoms with van der Waals surface area (Å²) in [5.41, 5.74) is 4.47. The van der Waals surface area contributed by atoms with E-state index in [2.05, 4.69) is 15.0 Å². The van der Waals surface area contributed by atoms with Gasteiger partial charge in [-0.3, -0.25) is 9.38 Å². The fourth-order valence-corrected chi connectivity index (χ4v) is 5.17. The monoisotopic (exact) mass is 478 g/mol. The standard InChI is InChI=1S/C24H16ClFN4O2S/c25-24-19(15-33(31,32)21-4-2-20(26)3-5-21)11-18(12-29-24)22-13-28-23-6-1-17(14-30(22)23)16-7-9-27-10-8-16/h1-14H,15H2. The summed E-state index contributed by atoms with van der Waals surface area (Å²) in [4.78, 5) is 12.7. The number of hydrogen-bond donors (Lipinski definition) is 0. The first-order valence-electron chi connectivity index (χ1n) is 9.91. The van der Waals surface area contributed by atoms with Gasteiger partial charge in [0.15, 0.2) is 9.84 Å². The van der Waals surface area contributed by atoms with Crippen molar-refractivity contribution < 1.29 is 12.8 Å². The highest BCUT2D eigenvalue weighted by Crippen LogP contribution is 2.28. The minimum Gasteiger partial charge on any atom is -0.299 e. The number of aromatic nitrogens is 4. The van der Waals surface area contributed by atoms with E-state index in [0.717, 1.165) is 34.6 Å². The average molecular weight is 479 g/mol. The Morgan fingerprint density at radius 2 is 1.64 bits per heavy atom. The Hall–Kier alpha value is -3.62. The molecule has 4 aromatic heterocycles. The Morgan fingerprint density at radius 3 is 2.39 bits per heavy atom. The quantitative estimate of drug-likeness (QED) is 0.255. The lowest BCUT2D eigenvalue weighted by Gasteiger charge is -2.09. The molecule has 0 amide bonds. The molecule has 0 spiro atoms. The van der Waals surface area contributed by atoms with Gasteiger partial charge in [0.25, 0.3) is 0 Å². The molecule has 5 rings (SSSR count). The Labute approximate surface area is 194 Å². The van der Waals surface area contributed by atoms with Crippen molar-refractivity contribution in [2.24, 2.45) is 0 Å². The molecule has 6 nitrogen and oxygen atoms in total. The maximum absolute atomic E-state index is 13.2. The number of fused-ring (bicyclic) bond motifs is 1. The average Bonchev–Trinajstić information content (AvgIpc) is 3.24. The zero-order valence-electron chi connectivity index (χ0n) is 17.1. The van der Waals surface area contributed by atoms with Crippen LogP contribution in [0.2, 0.25) is 5.15 Å². The van der Waals surface area contributed by atoms with Gasteiger partial charge in [0.2, 0.25) is 0 Å². The third kappa shape index (κ3) is 4.22. The first-order valence-corrected chi connectivity index (χ1v) is 11.9. The van der Waals surface area contributed by atoms with Gasteiger partial charge < -0.3 is 0 Å². The van der Waals surface area contributed by atoms with E-state index in [-0.39, 0.29) is 15.8 Å². The Kier molecular flexibility index (Phi) is 5.39. The zero-order chi connectivity index (χ0) is 23.0. The number of pyridine rings is 3. The highest BCUT2D eigenvalue weighted by molar-refractivity contribution is 7.90. The summed E-state index contributed by atoms with van der Waals surface area (Å²) < 4.78 is 40.8. The molecule has 0 fully saturated rings. The summed E-state index contributed by atoms with van der Waals surface area (Å²) in [5.74, 6) is -0.869. The Balaban J connectivity index is 1.54. The number of imidazole rings is 1. The second-order valence-electron chi connectivity index (χ2n) is 7.41. The smallest absolute Gasteiger partial charge is 0.182 e. The maximum atomic E-state index is 13.2. The Bertz CT molecular complexity index is 1570. The van der Waals surface area contributed by atoms with Crippen LogP contribution in [0.25, 0.3) is 28.0 Å². The van der Waals surface area contributed by atoms with Gasteiger partial charge in [-0.1, -0.05) is 11.6 Å². The van der Waals surface area contributed by atoms with Gasteiger partial charge in [-0.25, -0.2) is 22.8 Å². The lowest BCUT2D eigenvalue weighted by molar-refractivity contribution is 0.594.